The van der Waals surface area contributed by atoms with E-state index in [2.05, 4.69) is 5.32 Å². The number of para-hydroxylation sites is 1. The Labute approximate surface area is 179 Å². The zero-order chi connectivity index (χ0) is 20.1. The summed E-state index contributed by atoms with van der Waals surface area (Å²) in [5.41, 5.74) is 5.50. The molecule has 146 valence electrons. The van der Waals surface area contributed by atoms with Crippen molar-refractivity contribution in [2.45, 2.75) is 32.1 Å². The van der Waals surface area contributed by atoms with Crippen molar-refractivity contribution in [1.29, 1.82) is 0 Å². The van der Waals surface area contributed by atoms with Gasteiger partial charge in [0.05, 0.1) is 11.4 Å². The number of aryl methyl sites for hydroxylation is 1. The van der Waals surface area contributed by atoms with E-state index >= 15 is 0 Å². The number of carbonyl (C=O) groups is 1. The maximum Gasteiger partial charge on any atom is 0.161 e. The molecule has 0 spiro atoms. The standard InChI is InChI=1S/C23H19Cl2N3O/c1-13-20-21(16-11-10-14(24)12-17(16)25)22-18(8-5-9-19(22)29)26-23(20)28(27-13)15-6-3-2-4-7-15/h2-4,6-7,10-12,21,26H,5,8-9H2,1H3/t21-/m1/s1. The van der Waals surface area contributed by atoms with Crippen molar-refractivity contribution in [2.75, 3.05) is 5.32 Å². The number of Topliss-reactive ketones (excluding diaryl/α,β-unsaturated/α-hetero) is 1. The van der Waals surface area contributed by atoms with Gasteiger partial charge in [0.25, 0.3) is 0 Å². The molecule has 4 nitrogen and oxygen atoms in total. The van der Waals surface area contributed by atoms with Gasteiger partial charge in [-0.2, -0.15) is 5.10 Å². The van der Waals surface area contributed by atoms with Gasteiger partial charge in [-0.25, -0.2) is 4.68 Å². The fourth-order valence-corrected chi connectivity index (χ4v) is 4.94. The molecule has 1 atom stereocenters. The zero-order valence-corrected chi connectivity index (χ0v) is 17.4. The minimum absolute atomic E-state index is 0.173. The third-order valence-corrected chi connectivity index (χ3v) is 6.25. The van der Waals surface area contributed by atoms with Crippen LogP contribution in [0.4, 0.5) is 5.82 Å². The van der Waals surface area contributed by atoms with Crippen LogP contribution in [0, 0.1) is 6.92 Å². The maximum atomic E-state index is 13.0. The summed E-state index contributed by atoms with van der Waals surface area (Å²) in [6.45, 7) is 1.98. The highest BCUT2D eigenvalue weighted by atomic mass is 35.5. The number of benzene rings is 2. The highest BCUT2D eigenvalue weighted by Gasteiger charge is 2.39. The third-order valence-electron chi connectivity index (χ3n) is 5.68. The summed E-state index contributed by atoms with van der Waals surface area (Å²) in [6, 6.07) is 15.5. The number of nitrogens with one attached hydrogen (secondary N) is 1. The van der Waals surface area contributed by atoms with Crippen LogP contribution in [-0.2, 0) is 4.79 Å². The molecule has 0 bridgehead atoms. The minimum Gasteiger partial charge on any atom is -0.343 e. The topological polar surface area (TPSA) is 46.9 Å². The quantitative estimate of drug-likeness (QED) is 0.545. The molecule has 2 heterocycles. The smallest absolute Gasteiger partial charge is 0.161 e. The Kier molecular flexibility index (Phi) is 4.49. The lowest BCUT2D eigenvalue weighted by Gasteiger charge is -2.33. The first-order valence-corrected chi connectivity index (χ1v) is 10.4. The number of ketones is 1. The van der Waals surface area contributed by atoms with Crippen molar-refractivity contribution in [3.63, 3.8) is 0 Å². The van der Waals surface area contributed by atoms with Gasteiger partial charge < -0.3 is 5.32 Å². The first kappa shape index (κ1) is 18.5. The van der Waals surface area contributed by atoms with Crippen molar-refractivity contribution in [2.24, 2.45) is 0 Å². The van der Waals surface area contributed by atoms with Crippen LogP contribution in [-0.4, -0.2) is 15.6 Å². The van der Waals surface area contributed by atoms with E-state index in [0.717, 1.165) is 52.4 Å². The second-order valence-electron chi connectivity index (χ2n) is 7.49. The van der Waals surface area contributed by atoms with E-state index in [1.807, 2.05) is 54.1 Å². The zero-order valence-electron chi connectivity index (χ0n) is 15.9. The summed E-state index contributed by atoms with van der Waals surface area (Å²) in [6.07, 6.45) is 2.24. The Morgan fingerprint density at radius 1 is 1.10 bits per heavy atom. The molecule has 3 aromatic rings. The lowest BCUT2D eigenvalue weighted by molar-refractivity contribution is -0.116. The molecule has 5 rings (SSSR count). The molecule has 2 aromatic carbocycles. The van der Waals surface area contributed by atoms with Gasteiger partial charge in [0.15, 0.2) is 5.78 Å². The highest BCUT2D eigenvalue weighted by Crippen LogP contribution is 2.48. The number of hydrogen-bond acceptors (Lipinski definition) is 3. The third kappa shape index (κ3) is 2.98. The monoisotopic (exact) mass is 423 g/mol. The van der Waals surface area contributed by atoms with Crippen LogP contribution < -0.4 is 5.32 Å². The Balaban J connectivity index is 1.78. The second-order valence-corrected chi connectivity index (χ2v) is 8.33. The van der Waals surface area contributed by atoms with Crippen LogP contribution in [0.3, 0.4) is 0 Å². The Hall–Kier alpha value is -2.56. The summed E-state index contributed by atoms with van der Waals surface area (Å²) in [5, 5.41) is 9.49. The van der Waals surface area contributed by atoms with Gasteiger partial charge in [0.2, 0.25) is 0 Å². The van der Waals surface area contributed by atoms with Gasteiger partial charge in [-0.05, 0) is 49.6 Å². The van der Waals surface area contributed by atoms with Gasteiger partial charge >= 0.3 is 0 Å². The Morgan fingerprint density at radius 3 is 2.66 bits per heavy atom. The van der Waals surface area contributed by atoms with Crippen molar-refractivity contribution < 1.29 is 4.79 Å². The van der Waals surface area contributed by atoms with Crippen LogP contribution in [0.25, 0.3) is 5.69 Å². The molecule has 1 aliphatic carbocycles. The predicted octanol–water partition coefficient (Wildman–Crippen LogP) is 6.05. The number of anilines is 1. The van der Waals surface area contributed by atoms with Crippen molar-refractivity contribution >= 4 is 34.8 Å². The average Bonchev–Trinajstić information content (AvgIpc) is 3.04. The second kappa shape index (κ2) is 7.05. The number of carbonyl (C=O) groups excluding carboxylic acids is 1. The molecule has 0 fully saturated rings. The average molecular weight is 424 g/mol. The molecular formula is C23H19Cl2N3O. The molecule has 1 aliphatic heterocycles. The lowest BCUT2D eigenvalue weighted by Crippen LogP contribution is -2.27. The van der Waals surface area contributed by atoms with Gasteiger partial charge in [0.1, 0.15) is 5.82 Å². The molecule has 0 amide bonds. The fourth-order valence-electron chi connectivity index (χ4n) is 4.42. The van der Waals surface area contributed by atoms with E-state index in [1.165, 1.54) is 0 Å². The molecule has 1 aromatic heterocycles. The van der Waals surface area contributed by atoms with Gasteiger partial charge in [0, 0.05) is 39.2 Å². The van der Waals surface area contributed by atoms with Crippen LogP contribution >= 0.6 is 23.2 Å². The number of hydrogen-bond donors (Lipinski definition) is 1. The number of allylic oxidation sites excluding steroid dienone is 2. The van der Waals surface area contributed by atoms with E-state index in [4.69, 9.17) is 28.3 Å². The van der Waals surface area contributed by atoms with Crippen molar-refractivity contribution in [1.82, 2.24) is 9.78 Å². The molecule has 0 unspecified atom stereocenters. The Bertz CT molecular complexity index is 1160. The van der Waals surface area contributed by atoms with Crippen LogP contribution in [0.5, 0.6) is 0 Å². The number of halogens is 2. The van der Waals surface area contributed by atoms with Crippen LogP contribution in [0.2, 0.25) is 10.0 Å². The predicted molar refractivity (Wildman–Crippen MR) is 116 cm³/mol. The van der Waals surface area contributed by atoms with Crippen LogP contribution in [0.15, 0.2) is 59.8 Å². The van der Waals surface area contributed by atoms with Crippen molar-refractivity contribution in [3.05, 3.63) is 86.7 Å². The maximum absolute atomic E-state index is 13.0. The van der Waals surface area contributed by atoms with Crippen LogP contribution in [0.1, 0.15) is 42.0 Å². The summed E-state index contributed by atoms with van der Waals surface area (Å²) < 4.78 is 1.92. The summed E-state index contributed by atoms with van der Waals surface area (Å²) in [4.78, 5) is 13.0. The molecule has 29 heavy (non-hydrogen) atoms. The lowest BCUT2D eigenvalue weighted by atomic mass is 9.76. The first-order valence-electron chi connectivity index (χ1n) is 9.67. The fraction of sp³-hybridized carbons (Fsp3) is 0.217. The largest absolute Gasteiger partial charge is 0.343 e. The number of nitrogens with zero attached hydrogens (tertiary/aromatic N) is 2. The molecule has 1 N–H and O–H groups in total. The van der Waals surface area contributed by atoms with Gasteiger partial charge in [-0.1, -0.05) is 47.5 Å². The Morgan fingerprint density at radius 2 is 1.90 bits per heavy atom. The summed E-state index contributed by atoms with van der Waals surface area (Å²) in [7, 11) is 0. The van der Waals surface area contributed by atoms with Gasteiger partial charge in [-0.3, -0.25) is 4.79 Å². The molecular weight excluding hydrogens is 405 g/mol. The SMILES string of the molecule is Cc1nn(-c2ccccc2)c2c1[C@@H](c1ccc(Cl)cc1Cl)C1=C(CCCC1=O)N2. The number of aromatic nitrogens is 2. The molecule has 0 saturated heterocycles. The minimum atomic E-state index is -0.253. The van der Waals surface area contributed by atoms with E-state index in [1.54, 1.807) is 6.07 Å². The first-order chi connectivity index (χ1) is 14.0. The normalized spacial score (nSPS) is 18.3. The van der Waals surface area contributed by atoms with E-state index in [0.29, 0.717) is 16.5 Å². The number of fused-ring (bicyclic) bond motifs is 1. The highest BCUT2D eigenvalue weighted by molar-refractivity contribution is 6.35. The van der Waals surface area contributed by atoms with E-state index in [-0.39, 0.29) is 11.7 Å². The molecule has 0 saturated carbocycles. The van der Waals surface area contributed by atoms with Gasteiger partial charge in [-0.15, -0.1) is 0 Å². The van der Waals surface area contributed by atoms with E-state index < -0.39 is 0 Å². The molecule has 6 heteroatoms. The molecule has 0 radical (unpaired) electrons. The molecule has 2 aliphatic rings. The van der Waals surface area contributed by atoms with E-state index in [9.17, 15) is 4.79 Å². The summed E-state index contributed by atoms with van der Waals surface area (Å²) in [5.74, 6) is 0.821. The summed E-state index contributed by atoms with van der Waals surface area (Å²) >= 11 is 12.8. The van der Waals surface area contributed by atoms with Crippen molar-refractivity contribution in [3.8, 4) is 5.69 Å². The number of rotatable bonds is 2.